The summed E-state index contributed by atoms with van der Waals surface area (Å²) in [6.07, 6.45) is 6.40. The van der Waals surface area contributed by atoms with Crippen molar-refractivity contribution in [3.05, 3.63) is 0 Å². The highest BCUT2D eigenvalue weighted by molar-refractivity contribution is 5.70. The van der Waals surface area contributed by atoms with Crippen molar-refractivity contribution in [1.29, 1.82) is 0 Å². The molecule has 3 N–H and O–H groups in total. The second kappa shape index (κ2) is 8.61. The molecule has 0 bridgehead atoms. The summed E-state index contributed by atoms with van der Waals surface area (Å²) in [5, 5.41) is 16.8. The Hall–Kier alpha value is -0.690. The Kier molecular flexibility index (Phi) is 6.49. The monoisotopic (exact) mass is 340 g/mol. The first kappa shape index (κ1) is 18.1. The molecule has 1 aliphatic carbocycles. The van der Waals surface area contributed by atoms with Gasteiger partial charge in [-0.1, -0.05) is 0 Å². The smallest absolute Gasteiger partial charge is 0.306 e. The van der Waals surface area contributed by atoms with Crippen molar-refractivity contribution < 1.29 is 19.4 Å². The van der Waals surface area contributed by atoms with Crippen LogP contribution in [0, 0.1) is 11.8 Å². The molecule has 3 fully saturated rings. The van der Waals surface area contributed by atoms with Crippen molar-refractivity contribution >= 4 is 5.97 Å². The Labute approximate surface area is 144 Å². The zero-order valence-corrected chi connectivity index (χ0v) is 14.7. The Morgan fingerprint density at radius 2 is 1.92 bits per heavy atom. The van der Waals surface area contributed by atoms with Gasteiger partial charge < -0.3 is 25.2 Å². The van der Waals surface area contributed by atoms with Crippen LogP contribution in [0.2, 0.25) is 0 Å². The van der Waals surface area contributed by atoms with Gasteiger partial charge in [-0.05, 0) is 63.5 Å². The van der Waals surface area contributed by atoms with Gasteiger partial charge in [0, 0.05) is 26.1 Å². The molecule has 0 spiro atoms. The lowest BCUT2D eigenvalue weighted by Gasteiger charge is -2.31. The number of β-amino-alcohol motifs (C(OH)–C–C–N with tert-alkyl or cyclic N) is 1. The average Bonchev–Trinajstić information content (AvgIpc) is 3.20. The van der Waals surface area contributed by atoms with Crippen LogP contribution in [0.5, 0.6) is 0 Å². The normalized spacial score (nSPS) is 39.9. The summed E-state index contributed by atoms with van der Waals surface area (Å²) in [5.74, 6) is 0.843. The minimum absolute atomic E-state index is 0.0785. The molecular weight excluding hydrogens is 308 g/mol. The molecule has 0 unspecified atom stereocenters. The van der Waals surface area contributed by atoms with Crippen LogP contribution in [-0.2, 0) is 14.3 Å². The molecular formula is C18H32N2O4. The molecule has 0 aromatic heterocycles. The number of carbonyl (C=O) groups excluding carboxylic acids is 1. The van der Waals surface area contributed by atoms with Gasteiger partial charge in [0.25, 0.3) is 0 Å². The van der Waals surface area contributed by atoms with Gasteiger partial charge in [-0.25, -0.2) is 0 Å². The number of aliphatic hydroxyl groups excluding tert-OH is 1. The first-order valence-corrected chi connectivity index (χ1v) is 9.50. The van der Waals surface area contributed by atoms with Gasteiger partial charge in [0.1, 0.15) is 12.2 Å². The van der Waals surface area contributed by atoms with Crippen molar-refractivity contribution in [2.45, 2.75) is 69.3 Å². The predicted molar refractivity (Wildman–Crippen MR) is 90.6 cm³/mol. The number of methoxy groups -OCH3 is 1. The molecule has 0 aromatic rings. The summed E-state index contributed by atoms with van der Waals surface area (Å²) in [6, 6.07) is 0.0785. The molecule has 6 heteroatoms. The van der Waals surface area contributed by atoms with Crippen molar-refractivity contribution in [2.24, 2.45) is 11.8 Å². The Bertz CT molecular complexity index is 406. The predicted octanol–water partition coefficient (Wildman–Crippen LogP) is 0.826. The first-order chi connectivity index (χ1) is 11.7. The van der Waals surface area contributed by atoms with Gasteiger partial charge >= 0.3 is 5.97 Å². The van der Waals surface area contributed by atoms with Crippen LogP contribution >= 0.6 is 0 Å². The van der Waals surface area contributed by atoms with Crippen LogP contribution in [0.15, 0.2) is 0 Å². The van der Waals surface area contributed by atoms with Gasteiger partial charge in [0.2, 0.25) is 0 Å². The van der Waals surface area contributed by atoms with Crippen LogP contribution in [0.4, 0.5) is 0 Å². The van der Waals surface area contributed by atoms with Gasteiger partial charge in [-0.15, -0.1) is 0 Å². The molecule has 24 heavy (non-hydrogen) atoms. The highest BCUT2D eigenvalue weighted by Crippen LogP contribution is 2.31. The van der Waals surface area contributed by atoms with Crippen molar-refractivity contribution in [2.75, 3.05) is 26.7 Å². The molecule has 0 amide bonds. The zero-order chi connectivity index (χ0) is 16.9. The van der Waals surface area contributed by atoms with Crippen molar-refractivity contribution in [3.8, 4) is 0 Å². The van der Waals surface area contributed by atoms with Crippen LogP contribution < -0.4 is 10.6 Å². The average molecular weight is 340 g/mol. The van der Waals surface area contributed by atoms with Gasteiger partial charge in [-0.3, -0.25) is 4.79 Å². The lowest BCUT2D eigenvalue weighted by Crippen LogP contribution is -2.39. The number of hydrogen-bond acceptors (Lipinski definition) is 6. The van der Waals surface area contributed by atoms with Crippen LogP contribution in [-0.4, -0.2) is 62.2 Å². The SMILES string of the molecule is COC1CCC(C[C@H]2NC[C@H](O)[C@H]2OC(=O)C[C@H]2CCNC2)CC1. The van der Waals surface area contributed by atoms with E-state index in [0.717, 1.165) is 51.6 Å². The number of hydrogen-bond donors (Lipinski definition) is 3. The van der Waals surface area contributed by atoms with E-state index in [0.29, 0.717) is 30.9 Å². The minimum Gasteiger partial charge on any atom is -0.458 e. The van der Waals surface area contributed by atoms with E-state index in [9.17, 15) is 9.90 Å². The fourth-order valence-electron chi connectivity index (χ4n) is 4.44. The standard InChI is InChI=1S/C18H32N2O4/c1-23-14-4-2-12(3-5-14)8-15-18(16(21)11-20-15)24-17(22)9-13-6-7-19-10-13/h12-16,18-21H,2-11H2,1H3/t12?,13-,14?,15-,16+,18+/m1/s1. The van der Waals surface area contributed by atoms with E-state index in [4.69, 9.17) is 9.47 Å². The highest BCUT2D eigenvalue weighted by atomic mass is 16.6. The zero-order valence-electron chi connectivity index (χ0n) is 14.7. The van der Waals surface area contributed by atoms with E-state index < -0.39 is 12.2 Å². The van der Waals surface area contributed by atoms with Crippen molar-refractivity contribution in [3.63, 3.8) is 0 Å². The molecule has 2 aliphatic heterocycles. The molecule has 6 nitrogen and oxygen atoms in total. The summed E-state index contributed by atoms with van der Waals surface area (Å²) >= 11 is 0. The molecule has 0 aromatic carbocycles. The quantitative estimate of drug-likeness (QED) is 0.622. The topological polar surface area (TPSA) is 79.8 Å². The number of rotatable bonds is 6. The number of carbonyl (C=O) groups is 1. The highest BCUT2D eigenvalue weighted by Gasteiger charge is 2.39. The molecule has 4 atom stereocenters. The summed E-state index contributed by atoms with van der Waals surface area (Å²) in [7, 11) is 1.79. The first-order valence-electron chi connectivity index (χ1n) is 9.50. The van der Waals surface area contributed by atoms with Crippen LogP contribution in [0.1, 0.15) is 44.9 Å². The minimum atomic E-state index is -0.587. The number of nitrogens with one attached hydrogen (secondary N) is 2. The Morgan fingerprint density at radius 1 is 1.12 bits per heavy atom. The van der Waals surface area contributed by atoms with E-state index >= 15 is 0 Å². The van der Waals surface area contributed by atoms with E-state index in [1.807, 2.05) is 0 Å². The maximum atomic E-state index is 12.2. The number of ether oxygens (including phenoxy) is 2. The number of esters is 1. The second-order valence-electron chi connectivity index (χ2n) is 7.71. The summed E-state index contributed by atoms with van der Waals surface area (Å²) in [4.78, 5) is 12.2. The molecule has 3 rings (SSSR count). The molecule has 138 valence electrons. The van der Waals surface area contributed by atoms with Crippen LogP contribution in [0.3, 0.4) is 0 Å². The third kappa shape index (κ3) is 4.69. The van der Waals surface area contributed by atoms with Crippen molar-refractivity contribution in [1.82, 2.24) is 10.6 Å². The summed E-state index contributed by atoms with van der Waals surface area (Å²) in [5.41, 5.74) is 0. The van der Waals surface area contributed by atoms with Gasteiger partial charge in [0.05, 0.1) is 6.10 Å². The Morgan fingerprint density at radius 3 is 2.58 bits per heavy atom. The second-order valence-corrected chi connectivity index (χ2v) is 7.71. The Balaban J connectivity index is 1.46. The molecule has 2 saturated heterocycles. The van der Waals surface area contributed by atoms with E-state index in [2.05, 4.69) is 10.6 Å². The molecule has 2 heterocycles. The fourth-order valence-corrected chi connectivity index (χ4v) is 4.44. The van der Waals surface area contributed by atoms with Gasteiger partial charge in [-0.2, -0.15) is 0 Å². The number of aliphatic hydroxyl groups is 1. The third-order valence-electron chi connectivity index (χ3n) is 5.96. The van der Waals surface area contributed by atoms with Crippen LogP contribution in [0.25, 0.3) is 0 Å². The maximum absolute atomic E-state index is 12.2. The maximum Gasteiger partial charge on any atom is 0.306 e. The van der Waals surface area contributed by atoms with Gasteiger partial charge in [0.15, 0.2) is 0 Å². The van der Waals surface area contributed by atoms with E-state index in [-0.39, 0.29) is 12.0 Å². The summed E-state index contributed by atoms with van der Waals surface area (Å²) < 4.78 is 11.1. The lowest BCUT2D eigenvalue weighted by atomic mass is 9.82. The summed E-state index contributed by atoms with van der Waals surface area (Å²) in [6.45, 7) is 2.39. The lowest BCUT2D eigenvalue weighted by molar-refractivity contribution is -0.155. The van der Waals surface area contributed by atoms with E-state index in [1.54, 1.807) is 7.11 Å². The molecule has 1 saturated carbocycles. The van der Waals surface area contributed by atoms with E-state index in [1.165, 1.54) is 0 Å². The molecule has 3 aliphatic rings. The fraction of sp³-hybridized carbons (Fsp3) is 0.944. The molecule has 0 radical (unpaired) electrons. The largest absolute Gasteiger partial charge is 0.458 e. The third-order valence-corrected chi connectivity index (χ3v) is 5.96.